The average molecular weight is 320 g/mol. The number of aryl methyl sites for hydroxylation is 2. The van der Waals surface area contributed by atoms with Gasteiger partial charge in [0.2, 0.25) is 0 Å². The number of carbonyl (C=O) groups excluding carboxylic acids is 1. The topological polar surface area (TPSA) is 73.6 Å². The Labute approximate surface area is 139 Å². The summed E-state index contributed by atoms with van der Waals surface area (Å²) in [6, 6.07) is 8.43. The Morgan fingerprint density at radius 3 is 2.96 bits per heavy atom. The lowest BCUT2D eigenvalue weighted by Crippen LogP contribution is -2.31. The first-order valence-electron chi connectivity index (χ1n) is 8.77. The monoisotopic (exact) mass is 320 g/mol. The van der Waals surface area contributed by atoms with Gasteiger partial charge in [0.15, 0.2) is 5.69 Å². The van der Waals surface area contributed by atoms with Gasteiger partial charge < -0.3 is 10.3 Å². The fourth-order valence-electron chi connectivity index (χ4n) is 4.29. The minimum Gasteiger partial charge on any atom is -0.356 e. The Balaban J connectivity index is 1.47. The van der Waals surface area contributed by atoms with Crippen LogP contribution in [0.2, 0.25) is 0 Å². The Morgan fingerprint density at radius 1 is 1.12 bits per heavy atom. The van der Waals surface area contributed by atoms with Crippen LogP contribution in [0.25, 0.3) is 10.9 Å². The van der Waals surface area contributed by atoms with Crippen molar-refractivity contribution in [2.24, 2.45) is 0 Å². The molecule has 0 spiro atoms. The minimum atomic E-state index is -0.0501. The van der Waals surface area contributed by atoms with Crippen molar-refractivity contribution in [1.29, 1.82) is 0 Å². The van der Waals surface area contributed by atoms with Gasteiger partial charge in [-0.15, -0.1) is 0 Å². The average Bonchev–Trinajstić information content (AvgIpc) is 3.28. The molecule has 0 saturated carbocycles. The fraction of sp³-hybridized carbons (Fsp3) is 0.368. The van der Waals surface area contributed by atoms with Gasteiger partial charge in [0.1, 0.15) is 0 Å². The van der Waals surface area contributed by atoms with Crippen LogP contribution in [-0.4, -0.2) is 21.1 Å². The van der Waals surface area contributed by atoms with Crippen molar-refractivity contribution in [2.45, 2.75) is 44.6 Å². The number of benzene rings is 1. The highest BCUT2D eigenvalue weighted by atomic mass is 16.2. The molecule has 0 fully saturated rings. The molecular weight excluding hydrogens is 300 g/mol. The number of hydrogen-bond acceptors (Lipinski definition) is 2. The predicted molar refractivity (Wildman–Crippen MR) is 92.1 cm³/mol. The van der Waals surface area contributed by atoms with Crippen LogP contribution in [0.4, 0.5) is 0 Å². The molecule has 2 aliphatic rings. The van der Waals surface area contributed by atoms with Crippen LogP contribution in [0, 0.1) is 0 Å². The molecular formula is C19H20N4O. The van der Waals surface area contributed by atoms with Crippen LogP contribution in [0.3, 0.4) is 0 Å². The van der Waals surface area contributed by atoms with E-state index in [2.05, 4.69) is 38.7 Å². The van der Waals surface area contributed by atoms with E-state index in [0.717, 1.165) is 55.3 Å². The second-order valence-electron chi connectivity index (χ2n) is 6.86. The van der Waals surface area contributed by atoms with Crippen molar-refractivity contribution in [3.8, 4) is 0 Å². The fourth-order valence-corrected chi connectivity index (χ4v) is 4.29. The molecule has 2 heterocycles. The molecule has 0 saturated heterocycles. The van der Waals surface area contributed by atoms with Gasteiger partial charge in [-0.2, -0.15) is 5.10 Å². The highest BCUT2D eigenvalue weighted by Crippen LogP contribution is 2.35. The molecule has 3 N–H and O–H groups in total. The molecule has 122 valence electrons. The Kier molecular flexibility index (Phi) is 3.01. The summed E-state index contributed by atoms with van der Waals surface area (Å²) in [6.07, 6.45) is 6.21. The quantitative estimate of drug-likeness (QED) is 0.678. The molecule has 24 heavy (non-hydrogen) atoms. The number of amides is 1. The number of carbonyl (C=O) groups is 1. The van der Waals surface area contributed by atoms with E-state index in [1.165, 1.54) is 16.6 Å². The molecule has 5 rings (SSSR count). The van der Waals surface area contributed by atoms with E-state index in [1.807, 2.05) is 6.07 Å². The number of aromatic amines is 2. The molecule has 1 aromatic carbocycles. The number of fused-ring (bicyclic) bond motifs is 4. The van der Waals surface area contributed by atoms with Crippen molar-refractivity contribution in [2.75, 3.05) is 0 Å². The van der Waals surface area contributed by atoms with Gasteiger partial charge in [-0.1, -0.05) is 18.2 Å². The highest BCUT2D eigenvalue weighted by Gasteiger charge is 2.28. The summed E-state index contributed by atoms with van der Waals surface area (Å²) in [4.78, 5) is 16.3. The van der Waals surface area contributed by atoms with E-state index < -0.39 is 0 Å². The second-order valence-corrected chi connectivity index (χ2v) is 6.86. The van der Waals surface area contributed by atoms with E-state index in [-0.39, 0.29) is 11.9 Å². The van der Waals surface area contributed by atoms with Crippen molar-refractivity contribution in [3.63, 3.8) is 0 Å². The summed E-state index contributed by atoms with van der Waals surface area (Å²) in [6.45, 7) is 0. The van der Waals surface area contributed by atoms with Gasteiger partial charge in [-0.25, -0.2) is 0 Å². The Hall–Kier alpha value is -2.56. The molecule has 5 nitrogen and oxygen atoms in total. The molecule has 0 aliphatic heterocycles. The lowest BCUT2D eigenvalue weighted by Gasteiger charge is -2.23. The maximum Gasteiger partial charge on any atom is 0.272 e. The molecule has 2 aliphatic carbocycles. The first kappa shape index (κ1) is 13.8. The van der Waals surface area contributed by atoms with Crippen LogP contribution in [0.15, 0.2) is 24.3 Å². The lowest BCUT2D eigenvalue weighted by atomic mass is 9.91. The zero-order valence-electron chi connectivity index (χ0n) is 13.5. The Morgan fingerprint density at radius 2 is 2.00 bits per heavy atom. The number of rotatable bonds is 2. The number of hydrogen-bond donors (Lipinski definition) is 3. The van der Waals surface area contributed by atoms with E-state index in [0.29, 0.717) is 5.69 Å². The third kappa shape index (κ3) is 2.00. The van der Waals surface area contributed by atoms with Crippen LogP contribution >= 0.6 is 0 Å². The number of nitrogens with zero attached hydrogens (tertiary/aromatic N) is 1. The van der Waals surface area contributed by atoms with Crippen LogP contribution < -0.4 is 5.32 Å². The smallest absolute Gasteiger partial charge is 0.272 e. The second kappa shape index (κ2) is 5.23. The van der Waals surface area contributed by atoms with Crippen molar-refractivity contribution in [1.82, 2.24) is 20.5 Å². The molecule has 5 heteroatoms. The van der Waals surface area contributed by atoms with Gasteiger partial charge in [0, 0.05) is 27.9 Å². The van der Waals surface area contributed by atoms with Gasteiger partial charge >= 0.3 is 0 Å². The third-order valence-corrected chi connectivity index (χ3v) is 5.44. The summed E-state index contributed by atoms with van der Waals surface area (Å²) >= 11 is 0. The van der Waals surface area contributed by atoms with Crippen molar-refractivity contribution in [3.05, 3.63) is 52.5 Å². The maximum atomic E-state index is 12.8. The zero-order valence-corrected chi connectivity index (χ0v) is 13.5. The van der Waals surface area contributed by atoms with Crippen molar-refractivity contribution >= 4 is 16.8 Å². The molecule has 1 amide bonds. The van der Waals surface area contributed by atoms with Crippen molar-refractivity contribution < 1.29 is 4.79 Å². The highest BCUT2D eigenvalue weighted by molar-refractivity contribution is 5.94. The van der Waals surface area contributed by atoms with Gasteiger partial charge in [0.25, 0.3) is 5.91 Å². The number of aromatic nitrogens is 3. The molecule has 0 unspecified atom stereocenters. The first-order chi connectivity index (χ1) is 11.8. The molecule has 2 aromatic heterocycles. The summed E-state index contributed by atoms with van der Waals surface area (Å²) in [5, 5.41) is 11.8. The molecule has 3 aromatic rings. The van der Waals surface area contributed by atoms with Crippen LogP contribution in [-0.2, 0) is 19.3 Å². The van der Waals surface area contributed by atoms with E-state index in [4.69, 9.17) is 0 Å². The maximum absolute atomic E-state index is 12.8. The summed E-state index contributed by atoms with van der Waals surface area (Å²) in [5.74, 6) is -0.0501. The van der Waals surface area contributed by atoms with Crippen LogP contribution in [0.1, 0.15) is 58.3 Å². The first-order valence-corrected chi connectivity index (χ1v) is 8.77. The van der Waals surface area contributed by atoms with Gasteiger partial charge in [-0.05, 0) is 50.2 Å². The van der Waals surface area contributed by atoms with E-state index in [9.17, 15) is 4.79 Å². The van der Waals surface area contributed by atoms with E-state index in [1.54, 1.807) is 0 Å². The minimum absolute atomic E-state index is 0.0439. The lowest BCUT2D eigenvalue weighted by molar-refractivity contribution is 0.0926. The standard InChI is InChI=1S/C19H20N4O/c24-19(18-13-7-4-9-15(13)22-23-18)21-16-10-3-6-12-11-5-1-2-8-14(11)20-17(12)16/h1-2,5,8,16,20H,3-4,6-7,9-10H2,(H,21,24)(H,22,23)/t16-/m1/s1. The summed E-state index contributed by atoms with van der Waals surface area (Å²) in [7, 11) is 0. The molecule has 0 radical (unpaired) electrons. The predicted octanol–water partition coefficient (Wildman–Crippen LogP) is 3.19. The number of nitrogens with one attached hydrogen (secondary N) is 3. The van der Waals surface area contributed by atoms with E-state index >= 15 is 0 Å². The molecule has 0 bridgehead atoms. The normalized spacial score (nSPS) is 19.2. The largest absolute Gasteiger partial charge is 0.356 e. The summed E-state index contributed by atoms with van der Waals surface area (Å²) in [5.41, 5.74) is 6.52. The Bertz CT molecular complexity index is 936. The third-order valence-electron chi connectivity index (χ3n) is 5.44. The van der Waals surface area contributed by atoms with Crippen LogP contribution in [0.5, 0.6) is 0 Å². The molecule has 1 atom stereocenters. The van der Waals surface area contributed by atoms with Gasteiger partial charge in [-0.3, -0.25) is 9.89 Å². The summed E-state index contributed by atoms with van der Waals surface area (Å²) < 4.78 is 0. The number of H-pyrrole nitrogens is 2. The zero-order chi connectivity index (χ0) is 16.1. The number of para-hydroxylation sites is 1. The van der Waals surface area contributed by atoms with Gasteiger partial charge in [0.05, 0.1) is 6.04 Å². The SMILES string of the molecule is O=C(N[C@@H]1CCCc2c1[nH]c1ccccc21)c1n[nH]c2c1CCC2.